The van der Waals surface area contributed by atoms with Crippen LogP contribution in [0, 0.1) is 5.92 Å². The monoisotopic (exact) mass is 309 g/mol. The van der Waals surface area contributed by atoms with Crippen molar-refractivity contribution in [1.82, 2.24) is 20.0 Å². The number of nitrogens with one attached hydrogen (secondary N) is 1. The summed E-state index contributed by atoms with van der Waals surface area (Å²) in [6.45, 7) is 5.69. The smallest absolute Gasteiger partial charge is 0.284 e. The van der Waals surface area contributed by atoms with Crippen molar-refractivity contribution < 1.29 is 4.79 Å². The molecule has 0 aromatic carbocycles. The van der Waals surface area contributed by atoms with Gasteiger partial charge >= 0.3 is 0 Å². The molecule has 0 radical (unpaired) electrons. The fraction of sp³-hybridized carbons (Fsp3) is 0.786. The lowest BCUT2D eigenvalue weighted by atomic mass is 9.84. The van der Waals surface area contributed by atoms with Gasteiger partial charge in [0.05, 0.1) is 0 Å². The normalized spacial score (nSPS) is 26.5. The molecule has 0 bridgehead atoms. The Bertz CT molecular complexity index is 505. The Kier molecular flexibility index (Phi) is 4.40. The van der Waals surface area contributed by atoms with Crippen LogP contribution in [0.5, 0.6) is 0 Å². The number of carbonyl (C=O) groups is 1. The summed E-state index contributed by atoms with van der Waals surface area (Å²) >= 11 is 1.35. The maximum atomic E-state index is 12.6. The minimum absolute atomic E-state index is 0.0447. The highest BCUT2D eigenvalue weighted by Crippen LogP contribution is 2.30. The summed E-state index contributed by atoms with van der Waals surface area (Å²) in [6.07, 6.45) is 3.55. The first-order valence-corrected chi connectivity index (χ1v) is 8.57. The molecule has 0 saturated carbocycles. The molecule has 21 heavy (non-hydrogen) atoms. The van der Waals surface area contributed by atoms with Gasteiger partial charge in [0.15, 0.2) is 0 Å². The van der Waals surface area contributed by atoms with E-state index in [1.165, 1.54) is 30.7 Å². The summed E-state index contributed by atoms with van der Waals surface area (Å²) < 4.78 is 0. The van der Waals surface area contributed by atoms with Crippen LogP contribution in [0.25, 0.3) is 0 Å². The first-order chi connectivity index (χ1) is 10.2. The lowest BCUT2D eigenvalue weighted by molar-refractivity contribution is 0.0316. The summed E-state index contributed by atoms with van der Waals surface area (Å²) in [5.74, 6) is 0.658. The SMILES string of the molecule is CCNc1nnc(C(=O)N2CCC3C(CCCN3C)C2)s1. The van der Waals surface area contributed by atoms with Gasteiger partial charge in [-0.25, -0.2) is 0 Å². The van der Waals surface area contributed by atoms with Crippen LogP contribution < -0.4 is 5.32 Å². The van der Waals surface area contributed by atoms with Crippen molar-refractivity contribution in [1.29, 1.82) is 0 Å². The zero-order valence-electron chi connectivity index (χ0n) is 12.7. The molecule has 2 saturated heterocycles. The largest absolute Gasteiger partial charge is 0.360 e. The molecule has 1 amide bonds. The Balaban J connectivity index is 1.65. The molecule has 2 unspecified atom stereocenters. The maximum absolute atomic E-state index is 12.6. The number of piperidine rings is 2. The number of aromatic nitrogens is 2. The quantitative estimate of drug-likeness (QED) is 0.917. The number of likely N-dealkylation sites (tertiary alicyclic amines) is 2. The van der Waals surface area contributed by atoms with E-state index in [2.05, 4.69) is 27.5 Å². The number of hydrogen-bond donors (Lipinski definition) is 1. The summed E-state index contributed by atoms with van der Waals surface area (Å²) in [7, 11) is 2.21. The van der Waals surface area contributed by atoms with Gasteiger partial charge in [0.25, 0.3) is 5.91 Å². The second kappa shape index (κ2) is 6.27. The van der Waals surface area contributed by atoms with Crippen LogP contribution >= 0.6 is 11.3 Å². The van der Waals surface area contributed by atoms with Crippen molar-refractivity contribution in [2.75, 3.05) is 38.5 Å². The van der Waals surface area contributed by atoms with Crippen molar-refractivity contribution in [2.24, 2.45) is 5.92 Å². The average Bonchev–Trinajstić information content (AvgIpc) is 2.95. The first kappa shape index (κ1) is 14.7. The number of fused-ring (bicyclic) bond motifs is 1. The Hall–Kier alpha value is -1.21. The molecule has 2 aliphatic rings. The van der Waals surface area contributed by atoms with E-state index in [-0.39, 0.29) is 5.91 Å². The molecular weight excluding hydrogens is 286 g/mol. The first-order valence-electron chi connectivity index (χ1n) is 7.76. The van der Waals surface area contributed by atoms with Crippen molar-refractivity contribution in [3.05, 3.63) is 5.01 Å². The van der Waals surface area contributed by atoms with Crippen LogP contribution in [0.3, 0.4) is 0 Å². The number of hydrogen-bond acceptors (Lipinski definition) is 6. The number of anilines is 1. The minimum atomic E-state index is 0.0447. The standard InChI is InChI=1S/C14H23N5OS/c1-3-15-14-17-16-12(21-14)13(20)19-8-6-11-10(9-19)5-4-7-18(11)2/h10-11H,3-9H2,1-2H3,(H,15,17). The lowest BCUT2D eigenvalue weighted by Gasteiger charge is -2.45. The molecule has 1 aromatic heterocycles. The van der Waals surface area contributed by atoms with Gasteiger partial charge in [0.2, 0.25) is 10.1 Å². The third-order valence-electron chi connectivity index (χ3n) is 4.57. The Morgan fingerprint density at radius 1 is 1.38 bits per heavy atom. The molecule has 3 rings (SSSR count). The lowest BCUT2D eigenvalue weighted by Crippen LogP contribution is -2.53. The van der Waals surface area contributed by atoms with E-state index in [0.717, 1.165) is 31.2 Å². The van der Waals surface area contributed by atoms with Crippen LogP contribution in [0.4, 0.5) is 5.13 Å². The van der Waals surface area contributed by atoms with Gasteiger partial charge in [0, 0.05) is 25.7 Å². The predicted octanol–water partition coefficient (Wildman–Crippen LogP) is 1.53. The van der Waals surface area contributed by atoms with Gasteiger partial charge in [-0.05, 0) is 45.7 Å². The summed E-state index contributed by atoms with van der Waals surface area (Å²) in [4.78, 5) is 17.0. The van der Waals surface area contributed by atoms with Crippen molar-refractivity contribution in [2.45, 2.75) is 32.2 Å². The van der Waals surface area contributed by atoms with Crippen LogP contribution in [0.2, 0.25) is 0 Å². The zero-order chi connectivity index (χ0) is 14.8. The number of rotatable bonds is 3. The van der Waals surface area contributed by atoms with Crippen LogP contribution in [0.1, 0.15) is 36.0 Å². The molecule has 7 heteroatoms. The summed E-state index contributed by atoms with van der Waals surface area (Å²) in [5.41, 5.74) is 0. The number of nitrogens with zero attached hydrogens (tertiary/aromatic N) is 4. The number of amides is 1. The molecule has 2 fully saturated rings. The molecule has 2 atom stereocenters. The molecule has 0 aliphatic carbocycles. The molecule has 116 valence electrons. The van der Waals surface area contributed by atoms with E-state index >= 15 is 0 Å². The molecule has 3 heterocycles. The fourth-order valence-corrected chi connectivity index (χ4v) is 4.28. The van der Waals surface area contributed by atoms with Gasteiger partial charge in [-0.1, -0.05) is 11.3 Å². The Morgan fingerprint density at radius 3 is 3.05 bits per heavy atom. The minimum Gasteiger partial charge on any atom is -0.360 e. The van der Waals surface area contributed by atoms with Crippen LogP contribution in [-0.4, -0.2) is 65.2 Å². The second-order valence-electron chi connectivity index (χ2n) is 5.93. The highest BCUT2D eigenvalue weighted by Gasteiger charge is 2.36. The van der Waals surface area contributed by atoms with Gasteiger partial charge in [-0.15, -0.1) is 10.2 Å². The molecule has 0 spiro atoms. The predicted molar refractivity (Wildman–Crippen MR) is 83.7 cm³/mol. The third-order valence-corrected chi connectivity index (χ3v) is 5.44. The van der Waals surface area contributed by atoms with Crippen molar-refractivity contribution >= 4 is 22.4 Å². The van der Waals surface area contributed by atoms with E-state index in [0.29, 0.717) is 17.0 Å². The van der Waals surface area contributed by atoms with Gasteiger partial charge in [-0.2, -0.15) is 0 Å². The second-order valence-corrected chi connectivity index (χ2v) is 6.91. The van der Waals surface area contributed by atoms with Gasteiger partial charge in [-0.3, -0.25) is 4.79 Å². The van der Waals surface area contributed by atoms with Gasteiger partial charge < -0.3 is 15.1 Å². The molecule has 1 aromatic rings. The zero-order valence-corrected chi connectivity index (χ0v) is 13.5. The number of carbonyl (C=O) groups excluding carboxylic acids is 1. The molecule has 2 aliphatic heterocycles. The van der Waals surface area contributed by atoms with E-state index in [1.54, 1.807) is 0 Å². The summed E-state index contributed by atoms with van der Waals surface area (Å²) in [6, 6.07) is 0.648. The Labute approximate surface area is 129 Å². The third kappa shape index (κ3) is 3.03. The van der Waals surface area contributed by atoms with E-state index in [9.17, 15) is 4.79 Å². The highest BCUT2D eigenvalue weighted by molar-refractivity contribution is 7.17. The van der Waals surface area contributed by atoms with E-state index < -0.39 is 0 Å². The maximum Gasteiger partial charge on any atom is 0.284 e. The van der Waals surface area contributed by atoms with Crippen LogP contribution in [0.15, 0.2) is 0 Å². The van der Waals surface area contributed by atoms with Crippen molar-refractivity contribution in [3.63, 3.8) is 0 Å². The average molecular weight is 309 g/mol. The van der Waals surface area contributed by atoms with Crippen molar-refractivity contribution in [3.8, 4) is 0 Å². The molecule has 6 nitrogen and oxygen atoms in total. The molecule has 1 N–H and O–H groups in total. The van der Waals surface area contributed by atoms with Crippen LogP contribution in [-0.2, 0) is 0 Å². The van der Waals surface area contributed by atoms with E-state index in [4.69, 9.17) is 0 Å². The Morgan fingerprint density at radius 2 is 2.24 bits per heavy atom. The highest BCUT2D eigenvalue weighted by atomic mass is 32.1. The van der Waals surface area contributed by atoms with Gasteiger partial charge in [0.1, 0.15) is 0 Å². The fourth-order valence-electron chi connectivity index (χ4n) is 3.50. The summed E-state index contributed by atoms with van der Waals surface area (Å²) in [5, 5.41) is 12.4. The molecular formula is C14H23N5OS. The van der Waals surface area contributed by atoms with E-state index in [1.807, 2.05) is 11.8 Å². The topological polar surface area (TPSA) is 61.4 Å².